The van der Waals surface area contributed by atoms with Gasteiger partial charge in [0.05, 0.1) is 5.75 Å². The zero-order valence-corrected chi connectivity index (χ0v) is 20.9. The molecule has 1 aromatic heterocycles. The fraction of sp³-hybridized carbons (Fsp3) is 0.360. The van der Waals surface area contributed by atoms with E-state index in [-0.39, 0.29) is 18.0 Å². The van der Waals surface area contributed by atoms with Crippen LogP contribution in [0.15, 0.2) is 48.5 Å². The number of aromatic nitrogens is 2. The summed E-state index contributed by atoms with van der Waals surface area (Å²) in [4.78, 5) is 11.7. The van der Waals surface area contributed by atoms with Crippen molar-refractivity contribution in [2.24, 2.45) is 0 Å². The Morgan fingerprint density at radius 2 is 1.68 bits per heavy atom. The molecule has 1 aliphatic rings. The average Bonchev–Trinajstić information content (AvgIpc) is 2.83. The second kappa shape index (κ2) is 10.4. The molecule has 0 N–H and O–H groups in total. The number of hydrogen-bond donors (Lipinski definition) is 0. The molecule has 0 amide bonds. The minimum absolute atomic E-state index is 0.148. The van der Waals surface area contributed by atoms with Crippen LogP contribution >= 0.6 is 11.6 Å². The number of hydrogen-bond acceptors (Lipinski definition) is 5. The largest absolute Gasteiger partial charge is 0.354 e. The Kier molecular flexibility index (Phi) is 7.50. The molecule has 0 bridgehead atoms. The highest BCUT2D eigenvalue weighted by Gasteiger charge is 2.29. The predicted octanol–water partition coefficient (Wildman–Crippen LogP) is 4.70. The number of halogens is 2. The fourth-order valence-electron chi connectivity index (χ4n) is 4.21. The summed E-state index contributed by atoms with van der Waals surface area (Å²) in [5.74, 6) is 1.05. The van der Waals surface area contributed by atoms with E-state index in [0.29, 0.717) is 54.8 Å². The maximum atomic E-state index is 14.6. The molecule has 3 aromatic rings. The van der Waals surface area contributed by atoms with Crippen molar-refractivity contribution >= 4 is 27.4 Å². The molecule has 0 saturated carbocycles. The molecule has 1 aliphatic heterocycles. The summed E-state index contributed by atoms with van der Waals surface area (Å²) < 4.78 is 41.2. The predicted molar refractivity (Wildman–Crippen MR) is 134 cm³/mol. The lowest BCUT2D eigenvalue weighted by Gasteiger charge is -2.36. The molecule has 0 aliphatic carbocycles. The van der Waals surface area contributed by atoms with Crippen molar-refractivity contribution in [1.29, 1.82) is 0 Å². The van der Waals surface area contributed by atoms with E-state index >= 15 is 0 Å². The van der Waals surface area contributed by atoms with Crippen LogP contribution in [0.5, 0.6) is 0 Å². The van der Waals surface area contributed by atoms with E-state index in [1.165, 1.54) is 6.07 Å². The molecular formula is C25H28ClFN4O2S. The molecule has 9 heteroatoms. The summed E-state index contributed by atoms with van der Waals surface area (Å²) in [6, 6.07) is 14.3. The summed E-state index contributed by atoms with van der Waals surface area (Å²) in [5, 5.41) is 0.355. The van der Waals surface area contributed by atoms with E-state index in [2.05, 4.69) is 4.90 Å². The van der Waals surface area contributed by atoms with E-state index < -0.39 is 10.0 Å². The standard InChI is InChI=1S/C25H28ClFN4O2S/c1-3-16-34(32,33)31-14-12-30(13-15-31)25-20(17-21-22(26)10-7-11-23(21)27)18(2)28-24(29-25)19-8-5-4-6-9-19/h4-11H,3,12-17H2,1-2H3. The molecule has 2 aromatic carbocycles. The number of nitrogens with zero attached hydrogens (tertiary/aromatic N) is 4. The van der Waals surface area contributed by atoms with Gasteiger partial charge in [-0.25, -0.2) is 22.8 Å². The molecule has 180 valence electrons. The molecule has 0 atom stereocenters. The smallest absolute Gasteiger partial charge is 0.214 e. The van der Waals surface area contributed by atoms with Crippen molar-refractivity contribution in [2.75, 3.05) is 36.8 Å². The van der Waals surface area contributed by atoms with Crippen molar-refractivity contribution in [2.45, 2.75) is 26.7 Å². The lowest BCUT2D eigenvalue weighted by atomic mass is 10.0. The maximum Gasteiger partial charge on any atom is 0.214 e. The number of rotatable bonds is 7. The van der Waals surface area contributed by atoms with Crippen molar-refractivity contribution in [3.05, 3.63) is 76.2 Å². The Balaban J connectivity index is 1.72. The molecule has 2 heterocycles. The summed E-state index contributed by atoms with van der Waals surface area (Å²) in [5.41, 5.74) is 2.81. The second-order valence-electron chi connectivity index (χ2n) is 8.38. The highest BCUT2D eigenvalue weighted by molar-refractivity contribution is 7.89. The van der Waals surface area contributed by atoms with Crippen LogP contribution in [0.1, 0.15) is 30.2 Å². The molecular weight excluding hydrogens is 475 g/mol. The first-order valence-electron chi connectivity index (χ1n) is 11.4. The first-order chi connectivity index (χ1) is 16.3. The van der Waals surface area contributed by atoms with Gasteiger partial charge in [0.1, 0.15) is 11.6 Å². The van der Waals surface area contributed by atoms with Crippen LogP contribution in [-0.4, -0.2) is 54.6 Å². The number of benzene rings is 2. The Morgan fingerprint density at radius 1 is 0.971 bits per heavy atom. The topological polar surface area (TPSA) is 66.4 Å². The Morgan fingerprint density at radius 3 is 2.32 bits per heavy atom. The summed E-state index contributed by atoms with van der Waals surface area (Å²) in [6.45, 7) is 5.50. The van der Waals surface area contributed by atoms with Crippen LogP contribution in [0.2, 0.25) is 5.02 Å². The molecule has 0 spiro atoms. The minimum atomic E-state index is -3.26. The molecule has 0 radical (unpaired) electrons. The highest BCUT2D eigenvalue weighted by Crippen LogP contribution is 2.31. The highest BCUT2D eigenvalue weighted by atomic mass is 35.5. The van der Waals surface area contributed by atoms with Crippen LogP contribution in [0.4, 0.5) is 10.2 Å². The lowest BCUT2D eigenvalue weighted by molar-refractivity contribution is 0.383. The van der Waals surface area contributed by atoms with Gasteiger partial charge in [-0.1, -0.05) is 54.9 Å². The Bertz CT molecular complexity index is 1240. The van der Waals surface area contributed by atoms with Gasteiger partial charge in [0.25, 0.3) is 0 Å². The van der Waals surface area contributed by atoms with Gasteiger partial charge in [-0.05, 0) is 25.5 Å². The molecule has 1 fully saturated rings. The maximum absolute atomic E-state index is 14.6. The first-order valence-corrected chi connectivity index (χ1v) is 13.4. The third-order valence-electron chi connectivity index (χ3n) is 6.03. The third kappa shape index (κ3) is 5.24. The summed E-state index contributed by atoms with van der Waals surface area (Å²) in [6.07, 6.45) is 0.831. The van der Waals surface area contributed by atoms with E-state index in [1.54, 1.807) is 16.4 Å². The van der Waals surface area contributed by atoms with Crippen molar-refractivity contribution in [3.8, 4) is 11.4 Å². The first kappa shape index (κ1) is 24.6. The normalized spacial score (nSPS) is 15.0. The Hall–Kier alpha value is -2.55. The monoisotopic (exact) mass is 502 g/mol. The zero-order valence-electron chi connectivity index (χ0n) is 19.3. The fourth-order valence-corrected chi connectivity index (χ4v) is 5.93. The van der Waals surface area contributed by atoms with E-state index in [0.717, 1.165) is 16.8 Å². The van der Waals surface area contributed by atoms with E-state index in [1.807, 2.05) is 44.2 Å². The Labute approximate surface area is 205 Å². The van der Waals surface area contributed by atoms with Crippen LogP contribution in [0.3, 0.4) is 0 Å². The van der Waals surface area contributed by atoms with E-state index in [4.69, 9.17) is 21.6 Å². The molecule has 4 rings (SSSR count). The van der Waals surface area contributed by atoms with Gasteiger partial charge >= 0.3 is 0 Å². The third-order valence-corrected chi connectivity index (χ3v) is 8.46. The number of aryl methyl sites for hydroxylation is 1. The summed E-state index contributed by atoms with van der Waals surface area (Å²) in [7, 11) is -3.26. The molecule has 0 unspecified atom stereocenters. The SMILES string of the molecule is CCCS(=O)(=O)N1CCN(c2nc(-c3ccccc3)nc(C)c2Cc2c(F)cccc2Cl)CC1. The van der Waals surface area contributed by atoms with Crippen LogP contribution in [-0.2, 0) is 16.4 Å². The van der Waals surface area contributed by atoms with Crippen LogP contribution in [0, 0.1) is 12.7 Å². The lowest BCUT2D eigenvalue weighted by Crippen LogP contribution is -2.49. The van der Waals surface area contributed by atoms with Gasteiger partial charge in [0, 0.05) is 60.0 Å². The molecule has 34 heavy (non-hydrogen) atoms. The minimum Gasteiger partial charge on any atom is -0.354 e. The average molecular weight is 503 g/mol. The van der Waals surface area contributed by atoms with Crippen molar-refractivity contribution in [3.63, 3.8) is 0 Å². The van der Waals surface area contributed by atoms with Crippen LogP contribution in [0.25, 0.3) is 11.4 Å². The van der Waals surface area contributed by atoms with Gasteiger partial charge < -0.3 is 4.90 Å². The quantitative estimate of drug-likeness (QED) is 0.468. The van der Waals surface area contributed by atoms with Gasteiger partial charge in [-0.2, -0.15) is 4.31 Å². The number of anilines is 1. The number of piperazine rings is 1. The van der Waals surface area contributed by atoms with Crippen molar-refractivity contribution in [1.82, 2.24) is 14.3 Å². The van der Waals surface area contributed by atoms with Gasteiger partial charge in [-0.15, -0.1) is 0 Å². The zero-order chi connectivity index (χ0) is 24.3. The van der Waals surface area contributed by atoms with Gasteiger partial charge in [0.2, 0.25) is 10.0 Å². The number of sulfonamides is 1. The van der Waals surface area contributed by atoms with Crippen LogP contribution < -0.4 is 4.90 Å². The molecule has 1 saturated heterocycles. The van der Waals surface area contributed by atoms with E-state index in [9.17, 15) is 12.8 Å². The van der Waals surface area contributed by atoms with Crippen molar-refractivity contribution < 1.29 is 12.8 Å². The van der Waals surface area contributed by atoms with Gasteiger partial charge in [0.15, 0.2) is 5.82 Å². The second-order valence-corrected chi connectivity index (χ2v) is 10.9. The molecule has 6 nitrogen and oxygen atoms in total. The van der Waals surface area contributed by atoms with Gasteiger partial charge in [-0.3, -0.25) is 0 Å². The summed E-state index contributed by atoms with van der Waals surface area (Å²) >= 11 is 6.33.